The fourth-order valence-electron chi connectivity index (χ4n) is 4.09. The zero-order valence-electron chi connectivity index (χ0n) is 16.4. The van der Waals surface area contributed by atoms with E-state index in [1.165, 1.54) is 12.1 Å². The summed E-state index contributed by atoms with van der Waals surface area (Å²) < 4.78 is 27.5. The highest BCUT2D eigenvalue weighted by atomic mass is 19.1. The largest absolute Gasteiger partial charge is 0.354 e. The number of benzene rings is 2. The van der Waals surface area contributed by atoms with Crippen LogP contribution in [0.4, 0.5) is 14.5 Å². The van der Waals surface area contributed by atoms with Crippen LogP contribution in [0, 0.1) is 27.7 Å². The summed E-state index contributed by atoms with van der Waals surface area (Å²) in [6.07, 6.45) is 0.590. The Labute approximate surface area is 175 Å². The molecule has 2 aliphatic rings. The zero-order valence-corrected chi connectivity index (χ0v) is 16.4. The van der Waals surface area contributed by atoms with E-state index in [2.05, 4.69) is 5.32 Å². The van der Waals surface area contributed by atoms with Crippen LogP contribution in [0.3, 0.4) is 0 Å². The maximum atomic E-state index is 14.3. The smallest absolute Gasteiger partial charge is 0.270 e. The summed E-state index contributed by atoms with van der Waals surface area (Å²) in [4.78, 5) is 48.3. The Kier molecular flexibility index (Phi) is 4.79. The Hall–Kier alpha value is -3.69. The molecule has 2 aromatic carbocycles. The van der Waals surface area contributed by atoms with Crippen LogP contribution in [0.2, 0.25) is 0 Å². The molecule has 160 valence electrons. The van der Waals surface area contributed by atoms with E-state index in [0.717, 1.165) is 24.3 Å². The Bertz CT molecular complexity index is 1150. The van der Waals surface area contributed by atoms with Crippen molar-refractivity contribution in [2.45, 2.75) is 18.8 Å². The molecule has 0 saturated heterocycles. The fraction of sp³-hybridized carbons (Fsp3) is 0.286. The van der Waals surface area contributed by atoms with Crippen molar-refractivity contribution >= 4 is 23.4 Å². The Morgan fingerprint density at radius 3 is 2.48 bits per heavy atom. The molecule has 31 heavy (non-hydrogen) atoms. The first-order valence-electron chi connectivity index (χ1n) is 9.51. The standard InChI is InChI=1S/C21H17F2N3O5/c1-11-8-21(11,16-5-2-12(22)6-17(16)23)10-24-18(27)9-25-19(28)14-4-3-13(26(30)31)7-15(14)20(25)29/h2-7,11H,8-10H2,1H3,(H,24,27). The number of non-ortho nitro benzene ring substituents is 1. The van der Waals surface area contributed by atoms with Crippen molar-refractivity contribution in [3.05, 3.63) is 74.8 Å². The van der Waals surface area contributed by atoms with E-state index >= 15 is 0 Å². The number of carbonyl (C=O) groups excluding carboxylic acids is 3. The van der Waals surface area contributed by atoms with Gasteiger partial charge in [-0.2, -0.15) is 0 Å². The Morgan fingerprint density at radius 2 is 1.87 bits per heavy atom. The lowest BCUT2D eigenvalue weighted by molar-refractivity contribution is -0.384. The van der Waals surface area contributed by atoms with E-state index < -0.39 is 46.2 Å². The second-order valence-corrected chi connectivity index (χ2v) is 7.85. The third kappa shape index (κ3) is 3.43. The number of nitro groups is 1. The van der Waals surface area contributed by atoms with Gasteiger partial charge in [0.2, 0.25) is 5.91 Å². The lowest BCUT2D eigenvalue weighted by Gasteiger charge is -2.20. The van der Waals surface area contributed by atoms with Gasteiger partial charge in [-0.25, -0.2) is 8.78 Å². The second kappa shape index (κ2) is 7.22. The number of hydrogen-bond acceptors (Lipinski definition) is 5. The summed E-state index contributed by atoms with van der Waals surface area (Å²) in [6, 6.07) is 6.61. The number of imide groups is 1. The molecule has 1 aliphatic carbocycles. The first-order chi connectivity index (χ1) is 14.6. The molecular formula is C21H17F2N3O5. The number of halogens is 2. The van der Waals surface area contributed by atoms with Crippen LogP contribution in [0.15, 0.2) is 36.4 Å². The third-order valence-corrected chi connectivity index (χ3v) is 5.99. The number of hydrogen-bond donors (Lipinski definition) is 1. The van der Waals surface area contributed by atoms with Crippen molar-refractivity contribution < 1.29 is 28.1 Å². The molecular weight excluding hydrogens is 412 g/mol. The normalized spacial score (nSPS) is 21.8. The second-order valence-electron chi connectivity index (χ2n) is 7.85. The molecule has 1 saturated carbocycles. The highest BCUT2D eigenvalue weighted by molar-refractivity contribution is 6.22. The van der Waals surface area contributed by atoms with Crippen molar-refractivity contribution in [2.24, 2.45) is 5.92 Å². The van der Waals surface area contributed by atoms with Crippen LogP contribution in [-0.2, 0) is 10.2 Å². The molecule has 8 nitrogen and oxygen atoms in total. The number of nitrogens with zero attached hydrogens (tertiary/aromatic N) is 2. The minimum Gasteiger partial charge on any atom is -0.354 e. The average molecular weight is 429 g/mol. The maximum Gasteiger partial charge on any atom is 0.270 e. The van der Waals surface area contributed by atoms with E-state index in [9.17, 15) is 33.3 Å². The molecule has 1 N–H and O–H groups in total. The predicted molar refractivity (Wildman–Crippen MR) is 103 cm³/mol. The van der Waals surface area contributed by atoms with E-state index in [0.29, 0.717) is 16.9 Å². The van der Waals surface area contributed by atoms with E-state index in [4.69, 9.17) is 0 Å². The van der Waals surface area contributed by atoms with Gasteiger partial charge in [-0.15, -0.1) is 0 Å². The van der Waals surface area contributed by atoms with Gasteiger partial charge >= 0.3 is 0 Å². The molecule has 1 fully saturated rings. The van der Waals surface area contributed by atoms with Gasteiger partial charge in [0, 0.05) is 30.2 Å². The molecule has 0 aromatic heterocycles. The van der Waals surface area contributed by atoms with Gasteiger partial charge in [-0.05, 0) is 30.0 Å². The highest BCUT2D eigenvalue weighted by Crippen LogP contribution is 2.54. The maximum absolute atomic E-state index is 14.3. The third-order valence-electron chi connectivity index (χ3n) is 5.99. The van der Waals surface area contributed by atoms with Crippen molar-refractivity contribution in [1.82, 2.24) is 10.2 Å². The number of rotatable bonds is 6. The van der Waals surface area contributed by atoms with Gasteiger partial charge in [0.05, 0.1) is 16.1 Å². The van der Waals surface area contributed by atoms with Crippen LogP contribution in [-0.4, -0.2) is 40.6 Å². The van der Waals surface area contributed by atoms with Crippen LogP contribution >= 0.6 is 0 Å². The summed E-state index contributed by atoms with van der Waals surface area (Å²) in [5.41, 5.74) is -0.862. The molecule has 1 heterocycles. The van der Waals surface area contributed by atoms with Crippen LogP contribution in [0.1, 0.15) is 39.6 Å². The quantitative estimate of drug-likeness (QED) is 0.431. The number of fused-ring (bicyclic) bond motifs is 1. The summed E-state index contributed by atoms with van der Waals surface area (Å²) in [6.45, 7) is 1.37. The van der Waals surface area contributed by atoms with Crippen molar-refractivity contribution in [2.75, 3.05) is 13.1 Å². The molecule has 2 atom stereocenters. The van der Waals surface area contributed by atoms with Gasteiger partial charge in [-0.3, -0.25) is 29.4 Å². The molecule has 3 amide bonds. The van der Waals surface area contributed by atoms with Gasteiger partial charge in [0.15, 0.2) is 0 Å². The number of amides is 3. The summed E-state index contributed by atoms with van der Waals surface area (Å²) in [5.74, 6) is -3.49. The van der Waals surface area contributed by atoms with E-state index in [-0.39, 0.29) is 29.3 Å². The number of nitrogens with one attached hydrogen (secondary N) is 1. The first kappa shape index (κ1) is 20.6. The topological polar surface area (TPSA) is 110 Å². The molecule has 1 aliphatic heterocycles. The zero-order chi connectivity index (χ0) is 22.5. The number of carbonyl (C=O) groups is 3. The summed E-state index contributed by atoms with van der Waals surface area (Å²) in [7, 11) is 0. The van der Waals surface area contributed by atoms with E-state index in [1.54, 1.807) is 0 Å². The highest BCUT2D eigenvalue weighted by Gasteiger charge is 2.53. The van der Waals surface area contributed by atoms with Crippen molar-refractivity contribution in [1.29, 1.82) is 0 Å². The average Bonchev–Trinajstić information content (AvgIpc) is 3.32. The fourth-order valence-corrected chi connectivity index (χ4v) is 4.09. The SMILES string of the molecule is CC1CC1(CNC(=O)CN1C(=O)c2ccc([N+](=O)[O-])cc2C1=O)c1ccc(F)cc1F. The summed E-state index contributed by atoms with van der Waals surface area (Å²) >= 11 is 0. The molecule has 0 bridgehead atoms. The minimum atomic E-state index is -0.794. The lowest BCUT2D eigenvalue weighted by Crippen LogP contribution is -2.43. The lowest BCUT2D eigenvalue weighted by atomic mass is 9.92. The minimum absolute atomic E-state index is 0.0101. The monoisotopic (exact) mass is 429 g/mol. The Morgan fingerprint density at radius 1 is 1.19 bits per heavy atom. The van der Waals surface area contributed by atoms with E-state index in [1.807, 2.05) is 6.92 Å². The van der Waals surface area contributed by atoms with Crippen LogP contribution in [0.5, 0.6) is 0 Å². The molecule has 10 heteroatoms. The molecule has 0 spiro atoms. The molecule has 2 aromatic rings. The molecule has 2 unspecified atom stereocenters. The van der Waals surface area contributed by atoms with Gasteiger partial charge in [-0.1, -0.05) is 13.0 Å². The summed E-state index contributed by atoms with van der Waals surface area (Å²) in [5, 5.41) is 13.5. The van der Waals surface area contributed by atoms with Crippen molar-refractivity contribution in [3.8, 4) is 0 Å². The van der Waals surface area contributed by atoms with Crippen molar-refractivity contribution in [3.63, 3.8) is 0 Å². The molecule has 0 radical (unpaired) electrons. The Balaban J connectivity index is 1.45. The van der Waals surface area contributed by atoms with Gasteiger partial charge in [0.1, 0.15) is 18.2 Å². The predicted octanol–water partition coefficient (Wildman–Crippen LogP) is 2.56. The first-order valence-corrected chi connectivity index (χ1v) is 9.51. The van der Waals surface area contributed by atoms with Crippen LogP contribution in [0.25, 0.3) is 0 Å². The molecule has 4 rings (SSSR count). The van der Waals surface area contributed by atoms with Crippen LogP contribution < -0.4 is 5.32 Å². The van der Waals surface area contributed by atoms with Gasteiger partial charge < -0.3 is 5.32 Å². The number of nitro benzene ring substituents is 1. The van der Waals surface area contributed by atoms with Gasteiger partial charge in [0.25, 0.3) is 17.5 Å².